The van der Waals surface area contributed by atoms with E-state index in [4.69, 9.17) is 10.00 Å². The van der Waals surface area contributed by atoms with Crippen molar-refractivity contribution in [2.75, 3.05) is 7.11 Å². The van der Waals surface area contributed by atoms with E-state index in [0.29, 0.717) is 0 Å². The van der Waals surface area contributed by atoms with E-state index >= 15 is 0 Å². The summed E-state index contributed by atoms with van der Waals surface area (Å²) in [5, 5.41) is 9.02. The van der Waals surface area contributed by atoms with Crippen molar-refractivity contribution >= 4 is 0 Å². The summed E-state index contributed by atoms with van der Waals surface area (Å²) in [7, 11) is 1.65. The number of para-hydroxylation sites is 1. The highest BCUT2D eigenvalue weighted by molar-refractivity contribution is 5.47. The number of nitrogens with zero attached hydrogens (tertiary/aromatic N) is 1. The van der Waals surface area contributed by atoms with Crippen LogP contribution in [0.15, 0.2) is 24.3 Å². The van der Waals surface area contributed by atoms with E-state index in [1.54, 1.807) is 7.11 Å². The summed E-state index contributed by atoms with van der Waals surface area (Å²) in [5.74, 6) is 0.835. The van der Waals surface area contributed by atoms with E-state index < -0.39 is 0 Å². The monoisotopic (exact) mass is 173 g/mol. The lowest BCUT2D eigenvalue weighted by Gasteiger charge is -2.10. The molecule has 0 N–H and O–H groups in total. The van der Waals surface area contributed by atoms with Crippen LogP contribution in [0.3, 0.4) is 0 Å². The Morgan fingerprint density at radius 3 is 2.62 bits per heavy atom. The fourth-order valence-electron chi connectivity index (χ4n) is 1.61. The molecule has 0 radical (unpaired) electrons. The average molecular weight is 173 g/mol. The molecule has 1 aliphatic rings. The minimum absolute atomic E-state index is 0.243. The highest BCUT2D eigenvalue weighted by Gasteiger charge is 2.46. The first-order valence-corrected chi connectivity index (χ1v) is 4.37. The van der Waals surface area contributed by atoms with Gasteiger partial charge in [-0.2, -0.15) is 5.26 Å². The van der Waals surface area contributed by atoms with Crippen LogP contribution in [-0.2, 0) is 5.41 Å². The predicted octanol–water partition coefficient (Wildman–Crippen LogP) is 2.25. The van der Waals surface area contributed by atoms with Crippen LogP contribution in [0, 0.1) is 11.3 Å². The maximum absolute atomic E-state index is 9.02. The lowest BCUT2D eigenvalue weighted by atomic mass is 9.97. The SMILES string of the molecule is COc1ccccc1C1(C#N)CC1. The van der Waals surface area contributed by atoms with Gasteiger partial charge in [0.05, 0.1) is 18.6 Å². The van der Waals surface area contributed by atoms with E-state index in [0.717, 1.165) is 24.2 Å². The van der Waals surface area contributed by atoms with Gasteiger partial charge in [0.25, 0.3) is 0 Å². The number of nitriles is 1. The third-order valence-corrected chi connectivity index (χ3v) is 2.59. The summed E-state index contributed by atoms with van der Waals surface area (Å²) >= 11 is 0. The fraction of sp³-hybridized carbons (Fsp3) is 0.364. The molecule has 66 valence electrons. The third-order valence-electron chi connectivity index (χ3n) is 2.59. The lowest BCUT2D eigenvalue weighted by Crippen LogP contribution is -2.04. The number of hydrogen-bond donors (Lipinski definition) is 0. The van der Waals surface area contributed by atoms with Crippen molar-refractivity contribution in [1.29, 1.82) is 5.26 Å². The van der Waals surface area contributed by atoms with Crippen LogP contribution in [0.1, 0.15) is 18.4 Å². The molecule has 0 aromatic heterocycles. The lowest BCUT2D eigenvalue weighted by molar-refractivity contribution is 0.407. The second kappa shape index (κ2) is 2.77. The molecule has 2 nitrogen and oxygen atoms in total. The Balaban J connectivity index is 2.46. The van der Waals surface area contributed by atoms with Crippen LogP contribution in [0.25, 0.3) is 0 Å². The van der Waals surface area contributed by atoms with Crippen molar-refractivity contribution in [3.63, 3.8) is 0 Å². The zero-order chi connectivity index (χ0) is 9.31. The van der Waals surface area contributed by atoms with E-state index in [9.17, 15) is 0 Å². The molecular weight excluding hydrogens is 162 g/mol. The molecule has 0 bridgehead atoms. The van der Waals surface area contributed by atoms with Crippen molar-refractivity contribution in [2.45, 2.75) is 18.3 Å². The number of benzene rings is 1. The first-order valence-electron chi connectivity index (χ1n) is 4.37. The maximum atomic E-state index is 9.02. The highest BCUT2D eigenvalue weighted by atomic mass is 16.5. The predicted molar refractivity (Wildman–Crippen MR) is 49.5 cm³/mol. The van der Waals surface area contributed by atoms with Gasteiger partial charge >= 0.3 is 0 Å². The van der Waals surface area contributed by atoms with Crippen molar-refractivity contribution < 1.29 is 4.74 Å². The van der Waals surface area contributed by atoms with E-state index in [2.05, 4.69) is 6.07 Å². The molecule has 0 amide bonds. The molecule has 1 aliphatic carbocycles. The molecular formula is C11H11NO. The quantitative estimate of drug-likeness (QED) is 0.687. The van der Waals surface area contributed by atoms with Gasteiger partial charge in [0.2, 0.25) is 0 Å². The Morgan fingerprint density at radius 2 is 2.08 bits per heavy atom. The molecule has 0 heterocycles. The number of hydrogen-bond acceptors (Lipinski definition) is 2. The number of methoxy groups -OCH3 is 1. The molecule has 0 unspecified atom stereocenters. The van der Waals surface area contributed by atoms with Crippen molar-refractivity contribution in [3.05, 3.63) is 29.8 Å². The summed E-state index contributed by atoms with van der Waals surface area (Å²) in [6.45, 7) is 0. The molecule has 13 heavy (non-hydrogen) atoms. The van der Waals surface area contributed by atoms with E-state index in [1.165, 1.54) is 0 Å². The van der Waals surface area contributed by atoms with Crippen LogP contribution in [0.4, 0.5) is 0 Å². The maximum Gasteiger partial charge on any atom is 0.123 e. The first-order chi connectivity index (χ1) is 6.32. The zero-order valence-electron chi connectivity index (χ0n) is 7.58. The van der Waals surface area contributed by atoms with Gasteiger partial charge in [0, 0.05) is 5.56 Å². The van der Waals surface area contributed by atoms with Gasteiger partial charge in [-0.25, -0.2) is 0 Å². The molecule has 0 atom stereocenters. The zero-order valence-corrected chi connectivity index (χ0v) is 7.58. The van der Waals surface area contributed by atoms with Gasteiger partial charge in [0.15, 0.2) is 0 Å². The Hall–Kier alpha value is -1.49. The topological polar surface area (TPSA) is 33.0 Å². The van der Waals surface area contributed by atoms with E-state index in [1.807, 2.05) is 24.3 Å². The molecule has 0 spiro atoms. The highest BCUT2D eigenvalue weighted by Crippen LogP contribution is 2.50. The van der Waals surface area contributed by atoms with Gasteiger partial charge in [-0.1, -0.05) is 18.2 Å². The fourth-order valence-corrected chi connectivity index (χ4v) is 1.61. The standard InChI is InChI=1S/C11H11NO/c1-13-10-5-3-2-4-9(10)11(8-12)6-7-11/h2-5H,6-7H2,1H3. The largest absolute Gasteiger partial charge is 0.496 e. The molecule has 1 aromatic carbocycles. The molecule has 0 saturated heterocycles. The number of rotatable bonds is 2. The van der Waals surface area contributed by atoms with Crippen LogP contribution < -0.4 is 4.74 Å². The van der Waals surface area contributed by atoms with Crippen molar-refractivity contribution in [2.24, 2.45) is 0 Å². The average Bonchev–Trinajstić information content (AvgIpc) is 2.98. The third kappa shape index (κ3) is 1.17. The molecule has 2 rings (SSSR count). The van der Waals surface area contributed by atoms with Crippen LogP contribution in [0.2, 0.25) is 0 Å². The van der Waals surface area contributed by atoms with Gasteiger partial charge in [-0.15, -0.1) is 0 Å². The van der Waals surface area contributed by atoms with Gasteiger partial charge in [0.1, 0.15) is 5.75 Å². The molecule has 0 aliphatic heterocycles. The van der Waals surface area contributed by atoms with E-state index in [-0.39, 0.29) is 5.41 Å². The smallest absolute Gasteiger partial charge is 0.123 e. The summed E-state index contributed by atoms with van der Waals surface area (Å²) in [4.78, 5) is 0. The Labute approximate surface area is 77.8 Å². The second-order valence-corrected chi connectivity index (χ2v) is 3.39. The van der Waals surface area contributed by atoms with Crippen LogP contribution in [-0.4, -0.2) is 7.11 Å². The van der Waals surface area contributed by atoms with Gasteiger partial charge in [-0.3, -0.25) is 0 Å². The van der Waals surface area contributed by atoms with Crippen molar-refractivity contribution in [1.82, 2.24) is 0 Å². The minimum atomic E-state index is -0.243. The Bertz CT molecular complexity index is 361. The molecule has 1 fully saturated rings. The van der Waals surface area contributed by atoms with Crippen molar-refractivity contribution in [3.8, 4) is 11.8 Å². The first kappa shape index (κ1) is 8.12. The van der Waals surface area contributed by atoms with Crippen LogP contribution >= 0.6 is 0 Å². The summed E-state index contributed by atoms with van der Waals surface area (Å²) in [5.41, 5.74) is 0.798. The van der Waals surface area contributed by atoms with Crippen LogP contribution in [0.5, 0.6) is 5.75 Å². The van der Waals surface area contributed by atoms with Gasteiger partial charge < -0.3 is 4.74 Å². The summed E-state index contributed by atoms with van der Waals surface area (Å²) in [6.07, 6.45) is 1.92. The molecule has 1 saturated carbocycles. The minimum Gasteiger partial charge on any atom is -0.496 e. The second-order valence-electron chi connectivity index (χ2n) is 3.39. The molecule has 2 heteroatoms. The summed E-state index contributed by atoms with van der Waals surface area (Å²) < 4.78 is 5.22. The Morgan fingerprint density at radius 1 is 1.38 bits per heavy atom. The number of ether oxygens (including phenoxy) is 1. The Kier molecular flexibility index (Phi) is 1.73. The van der Waals surface area contributed by atoms with Gasteiger partial charge in [-0.05, 0) is 18.9 Å². The summed E-state index contributed by atoms with van der Waals surface area (Å²) in [6, 6.07) is 10.1. The normalized spacial score (nSPS) is 17.5. The molecule has 1 aromatic rings.